The molecular formula is C18H25NO7S. The summed E-state index contributed by atoms with van der Waals surface area (Å²) < 4.78 is 21.9. The average Bonchev–Trinajstić information content (AvgIpc) is 2.97. The Balaban J connectivity index is 2.24. The van der Waals surface area contributed by atoms with Crippen LogP contribution in [0.3, 0.4) is 0 Å². The van der Waals surface area contributed by atoms with Gasteiger partial charge < -0.3 is 18.9 Å². The van der Waals surface area contributed by atoms with E-state index in [0.29, 0.717) is 0 Å². The number of carbonyl (C=O) groups excluding carboxylic acids is 3. The van der Waals surface area contributed by atoms with E-state index in [0.717, 1.165) is 17.9 Å². The molecule has 27 heavy (non-hydrogen) atoms. The summed E-state index contributed by atoms with van der Waals surface area (Å²) in [6.45, 7) is 5.67. The first-order valence-electron chi connectivity index (χ1n) is 8.79. The molecule has 8 nitrogen and oxygen atoms in total. The molecule has 2 unspecified atom stereocenters. The van der Waals surface area contributed by atoms with Gasteiger partial charge in [-0.05, 0) is 19.8 Å². The normalized spacial score (nSPS) is 29.8. The number of hydrogen-bond acceptors (Lipinski definition) is 9. The monoisotopic (exact) mass is 399 g/mol. The number of rotatable bonds is 7. The summed E-state index contributed by atoms with van der Waals surface area (Å²) in [6.07, 6.45) is 3.12. The third-order valence-electron chi connectivity index (χ3n) is 3.98. The van der Waals surface area contributed by atoms with Crippen LogP contribution in [0.1, 0.15) is 40.5 Å². The van der Waals surface area contributed by atoms with Crippen LogP contribution in [-0.4, -0.2) is 59.3 Å². The summed E-state index contributed by atoms with van der Waals surface area (Å²) in [5.74, 6) is -1.53. The van der Waals surface area contributed by atoms with E-state index in [2.05, 4.69) is 4.99 Å². The number of fused-ring (bicyclic) bond motifs is 1. The molecule has 2 rings (SSSR count). The van der Waals surface area contributed by atoms with Crippen molar-refractivity contribution in [3.8, 4) is 0 Å². The minimum absolute atomic E-state index is 0.108. The van der Waals surface area contributed by atoms with Gasteiger partial charge >= 0.3 is 17.9 Å². The molecule has 0 amide bonds. The molecule has 1 saturated heterocycles. The van der Waals surface area contributed by atoms with Crippen LogP contribution in [0.4, 0.5) is 0 Å². The molecule has 0 aromatic carbocycles. The largest absolute Gasteiger partial charge is 0.463 e. The summed E-state index contributed by atoms with van der Waals surface area (Å²) in [5, 5.41) is 0.884. The maximum atomic E-state index is 11.6. The number of ether oxygens (including phenoxy) is 4. The van der Waals surface area contributed by atoms with Crippen molar-refractivity contribution in [1.82, 2.24) is 0 Å². The Bertz CT molecular complexity index is 633. The van der Waals surface area contributed by atoms with E-state index < -0.39 is 47.7 Å². The van der Waals surface area contributed by atoms with Gasteiger partial charge in [0.2, 0.25) is 0 Å². The number of aliphatic imine (C=N–C) groups is 1. The van der Waals surface area contributed by atoms with E-state index in [-0.39, 0.29) is 6.61 Å². The van der Waals surface area contributed by atoms with E-state index in [1.807, 2.05) is 19.1 Å². The predicted octanol–water partition coefficient (Wildman–Crippen LogP) is 2.01. The summed E-state index contributed by atoms with van der Waals surface area (Å²) in [7, 11) is 0. The Kier molecular flexibility index (Phi) is 7.85. The van der Waals surface area contributed by atoms with E-state index in [4.69, 9.17) is 18.9 Å². The van der Waals surface area contributed by atoms with Crippen LogP contribution in [-0.2, 0) is 33.3 Å². The lowest BCUT2D eigenvalue weighted by molar-refractivity contribution is -0.208. The standard InChI is InChI=1S/C18H25NO7S/c1-5-6-7-8-14-19-15-17(25-12(4)22)16(24-11(3)21)13(9-23-10(2)20)26-18(15)27-14/h5-6,13,15-18H,7-9H2,1-4H3/b6-5+/t13-,15?,16-,17-,18?/m1/s1. The molecule has 9 heteroatoms. The summed E-state index contributed by atoms with van der Waals surface area (Å²) >= 11 is 1.46. The molecule has 0 aliphatic carbocycles. The van der Waals surface area contributed by atoms with Crippen molar-refractivity contribution in [3.63, 3.8) is 0 Å². The Morgan fingerprint density at radius 2 is 1.78 bits per heavy atom. The smallest absolute Gasteiger partial charge is 0.303 e. The van der Waals surface area contributed by atoms with Gasteiger partial charge in [0.15, 0.2) is 12.2 Å². The minimum Gasteiger partial charge on any atom is -0.463 e. The van der Waals surface area contributed by atoms with Crippen molar-refractivity contribution in [2.45, 2.75) is 70.3 Å². The van der Waals surface area contributed by atoms with Gasteiger partial charge in [0.1, 0.15) is 24.2 Å². The number of hydrogen-bond donors (Lipinski definition) is 0. The zero-order chi connectivity index (χ0) is 20.0. The summed E-state index contributed by atoms with van der Waals surface area (Å²) in [5.41, 5.74) is -0.401. The quantitative estimate of drug-likeness (QED) is 0.364. The summed E-state index contributed by atoms with van der Waals surface area (Å²) in [6, 6.07) is -0.488. The first-order valence-corrected chi connectivity index (χ1v) is 9.67. The van der Waals surface area contributed by atoms with Crippen molar-refractivity contribution in [2.24, 2.45) is 4.99 Å². The van der Waals surface area contributed by atoms with Crippen LogP contribution in [0.5, 0.6) is 0 Å². The predicted molar refractivity (Wildman–Crippen MR) is 99.3 cm³/mol. The Morgan fingerprint density at radius 1 is 1.11 bits per heavy atom. The van der Waals surface area contributed by atoms with E-state index >= 15 is 0 Å². The second-order valence-corrected chi connectivity index (χ2v) is 7.40. The Labute approximate surface area is 162 Å². The first kappa shape index (κ1) is 21.4. The highest BCUT2D eigenvalue weighted by atomic mass is 32.2. The lowest BCUT2D eigenvalue weighted by Crippen LogP contribution is -2.59. The first-order chi connectivity index (χ1) is 12.8. The van der Waals surface area contributed by atoms with E-state index in [1.165, 1.54) is 32.5 Å². The van der Waals surface area contributed by atoms with Crippen LogP contribution in [0, 0.1) is 0 Å². The lowest BCUT2D eigenvalue weighted by Gasteiger charge is -2.41. The van der Waals surface area contributed by atoms with Crippen molar-refractivity contribution < 1.29 is 33.3 Å². The van der Waals surface area contributed by atoms with Crippen molar-refractivity contribution in [1.29, 1.82) is 0 Å². The molecule has 0 spiro atoms. The van der Waals surface area contributed by atoms with Crippen molar-refractivity contribution >= 4 is 34.7 Å². The van der Waals surface area contributed by atoms with E-state index in [9.17, 15) is 14.4 Å². The molecule has 0 N–H and O–H groups in total. The second-order valence-electron chi connectivity index (χ2n) is 6.23. The SMILES string of the molecule is C/C=C/CCC1=NC2C(O[C@H](COC(C)=O)[C@@H](OC(C)=O)[C@@H]2OC(C)=O)S1. The molecule has 1 fully saturated rings. The van der Waals surface area contributed by atoms with Gasteiger partial charge in [-0.25, -0.2) is 0 Å². The average molecular weight is 399 g/mol. The molecule has 150 valence electrons. The van der Waals surface area contributed by atoms with Gasteiger partial charge in [0.05, 0.1) is 5.04 Å². The number of allylic oxidation sites excluding steroid dienone is 2. The molecule has 0 saturated carbocycles. The van der Waals surface area contributed by atoms with Gasteiger partial charge in [-0.2, -0.15) is 0 Å². The van der Waals surface area contributed by atoms with Gasteiger partial charge in [0.25, 0.3) is 0 Å². The van der Waals surface area contributed by atoms with Gasteiger partial charge in [-0.3, -0.25) is 19.4 Å². The number of nitrogens with zero attached hydrogens (tertiary/aromatic N) is 1. The molecule has 0 radical (unpaired) electrons. The zero-order valence-corrected chi connectivity index (χ0v) is 16.7. The van der Waals surface area contributed by atoms with Crippen LogP contribution in [0.15, 0.2) is 17.1 Å². The summed E-state index contributed by atoms with van der Waals surface area (Å²) in [4.78, 5) is 39.1. The van der Waals surface area contributed by atoms with Crippen LogP contribution in [0.2, 0.25) is 0 Å². The molecule has 0 aromatic heterocycles. The van der Waals surface area contributed by atoms with Crippen molar-refractivity contribution in [3.05, 3.63) is 12.2 Å². The molecule has 5 atom stereocenters. The highest BCUT2D eigenvalue weighted by molar-refractivity contribution is 8.14. The fourth-order valence-corrected chi connectivity index (χ4v) is 4.19. The Hall–Kier alpha value is -1.87. The fraction of sp³-hybridized carbons (Fsp3) is 0.667. The van der Waals surface area contributed by atoms with Gasteiger partial charge in [0, 0.05) is 20.8 Å². The van der Waals surface area contributed by atoms with Crippen LogP contribution >= 0.6 is 11.8 Å². The highest BCUT2D eigenvalue weighted by Crippen LogP contribution is 2.40. The molecular weight excluding hydrogens is 374 g/mol. The highest BCUT2D eigenvalue weighted by Gasteiger charge is 2.52. The minimum atomic E-state index is -0.911. The molecule has 2 aliphatic rings. The number of carbonyl (C=O) groups is 3. The zero-order valence-electron chi connectivity index (χ0n) is 15.9. The van der Waals surface area contributed by atoms with Crippen molar-refractivity contribution in [2.75, 3.05) is 6.61 Å². The van der Waals surface area contributed by atoms with Gasteiger partial charge in [-0.15, -0.1) is 0 Å². The number of esters is 3. The maximum absolute atomic E-state index is 11.6. The third kappa shape index (κ3) is 6.07. The third-order valence-corrected chi connectivity index (χ3v) is 5.18. The van der Waals surface area contributed by atoms with Gasteiger partial charge in [-0.1, -0.05) is 23.9 Å². The Morgan fingerprint density at radius 3 is 2.37 bits per heavy atom. The van der Waals surface area contributed by atoms with E-state index in [1.54, 1.807) is 0 Å². The number of thioether (sulfide) groups is 1. The van der Waals surface area contributed by atoms with Crippen LogP contribution in [0.25, 0.3) is 0 Å². The molecule has 2 heterocycles. The van der Waals surface area contributed by atoms with Crippen LogP contribution < -0.4 is 0 Å². The molecule has 0 bridgehead atoms. The fourth-order valence-electron chi connectivity index (χ4n) is 2.95. The topological polar surface area (TPSA) is 100 Å². The molecule has 2 aliphatic heterocycles. The second kappa shape index (κ2) is 9.89. The maximum Gasteiger partial charge on any atom is 0.303 e. The lowest BCUT2D eigenvalue weighted by atomic mass is 9.97. The molecule has 0 aromatic rings.